The summed E-state index contributed by atoms with van der Waals surface area (Å²) in [6.07, 6.45) is 4.55. The van der Waals surface area contributed by atoms with Crippen LogP contribution >= 0.6 is 0 Å². The van der Waals surface area contributed by atoms with E-state index in [0.29, 0.717) is 24.9 Å². The highest BCUT2D eigenvalue weighted by Crippen LogP contribution is 2.29. The van der Waals surface area contributed by atoms with Gasteiger partial charge in [-0.1, -0.05) is 43.2 Å². The molecular formula is C18H22N4O2. The van der Waals surface area contributed by atoms with Crippen LogP contribution in [0.3, 0.4) is 0 Å². The van der Waals surface area contributed by atoms with Crippen LogP contribution < -0.4 is 11.1 Å². The summed E-state index contributed by atoms with van der Waals surface area (Å²) < 4.78 is 1.79. The molecule has 1 fully saturated rings. The minimum Gasteiger partial charge on any atom is -0.368 e. The highest BCUT2D eigenvalue weighted by Gasteiger charge is 2.41. The predicted octanol–water partition coefficient (Wildman–Crippen LogP) is 1.77. The van der Waals surface area contributed by atoms with E-state index in [-0.39, 0.29) is 5.91 Å². The van der Waals surface area contributed by atoms with E-state index < -0.39 is 11.4 Å². The van der Waals surface area contributed by atoms with Gasteiger partial charge in [-0.25, -0.2) is 0 Å². The summed E-state index contributed by atoms with van der Waals surface area (Å²) in [5.74, 6) is -0.741. The van der Waals surface area contributed by atoms with E-state index in [2.05, 4.69) is 10.4 Å². The van der Waals surface area contributed by atoms with Crippen LogP contribution in [0.2, 0.25) is 0 Å². The molecule has 0 spiro atoms. The van der Waals surface area contributed by atoms with E-state index in [4.69, 9.17) is 5.73 Å². The third-order valence-corrected chi connectivity index (χ3v) is 4.80. The van der Waals surface area contributed by atoms with Gasteiger partial charge in [0.1, 0.15) is 5.54 Å². The molecule has 0 aliphatic heterocycles. The van der Waals surface area contributed by atoms with Crippen molar-refractivity contribution >= 4 is 11.8 Å². The van der Waals surface area contributed by atoms with Crippen molar-refractivity contribution in [3.63, 3.8) is 0 Å². The zero-order valence-electron chi connectivity index (χ0n) is 13.8. The lowest BCUT2D eigenvalue weighted by Crippen LogP contribution is -2.55. The van der Waals surface area contributed by atoms with E-state index in [1.165, 1.54) is 0 Å². The number of rotatable bonds is 5. The molecule has 0 atom stereocenters. The van der Waals surface area contributed by atoms with Crippen molar-refractivity contribution in [2.45, 2.75) is 44.7 Å². The third kappa shape index (κ3) is 3.04. The molecule has 1 saturated carbocycles. The summed E-state index contributed by atoms with van der Waals surface area (Å²) in [6, 6.07) is 9.93. The molecule has 0 saturated heterocycles. The standard InChI is InChI=1S/C18H22N4O2/c1-13-15(11-20-22(13)12-14-7-3-2-4-8-14)16(23)21-18(17(19)24)9-5-6-10-18/h2-4,7-8,11H,5-6,9-10,12H2,1H3,(H2,19,24)(H,21,23). The number of nitrogens with one attached hydrogen (secondary N) is 1. The smallest absolute Gasteiger partial charge is 0.255 e. The lowest BCUT2D eigenvalue weighted by Gasteiger charge is -2.26. The molecule has 0 unspecified atom stereocenters. The van der Waals surface area contributed by atoms with Gasteiger partial charge in [0.2, 0.25) is 5.91 Å². The molecule has 3 rings (SSSR count). The number of carbonyl (C=O) groups is 2. The van der Waals surface area contributed by atoms with E-state index >= 15 is 0 Å². The summed E-state index contributed by atoms with van der Waals surface area (Å²) in [4.78, 5) is 24.4. The first-order valence-corrected chi connectivity index (χ1v) is 8.20. The number of amides is 2. The maximum absolute atomic E-state index is 12.6. The second kappa shape index (κ2) is 6.47. The summed E-state index contributed by atoms with van der Waals surface area (Å²) >= 11 is 0. The van der Waals surface area contributed by atoms with Crippen LogP contribution in [0, 0.1) is 6.92 Å². The number of hydrogen-bond donors (Lipinski definition) is 2. The highest BCUT2D eigenvalue weighted by molar-refractivity contribution is 5.99. The van der Waals surface area contributed by atoms with E-state index in [1.54, 1.807) is 10.9 Å². The van der Waals surface area contributed by atoms with Crippen molar-refractivity contribution in [1.82, 2.24) is 15.1 Å². The molecule has 126 valence electrons. The molecule has 0 bridgehead atoms. The van der Waals surface area contributed by atoms with Crippen LogP contribution in [0.5, 0.6) is 0 Å². The first kappa shape index (κ1) is 16.2. The SMILES string of the molecule is Cc1c(C(=O)NC2(C(N)=O)CCCC2)cnn1Cc1ccccc1. The maximum Gasteiger partial charge on any atom is 0.255 e. The third-order valence-electron chi connectivity index (χ3n) is 4.80. The topological polar surface area (TPSA) is 90.0 Å². The fourth-order valence-electron chi connectivity index (χ4n) is 3.28. The van der Waals surface area contributed by atoms with Gasteiger partial charge in [-0.15, -0.1) is 0 Å². The lowest BCUT2D eigenvalue weighted by atomic mass is 9.96. The predicted molar refractivity (Wildman–Crippen MR) is 90.4 cm³/mol. The second-order valence-electron chi connectivity index (χ2n) is 6.39. The van der Waals surface area contributed by atoms with Crippen LogP contribution in [0.4, 0.5) is 0 Å². The molecular weight excluding hydrogens is 304 g/mol. The van der Waals surface area contributed by atoms with Gasteiger partial charge < -0.3 is 11.1 Å². The van der Waals surface area contributed by atoms with Crippen molar-refractivity contribution < 1.29 is 9.59 Å². The Hall–Kier alpha value is -2.63. The van der Waals surface area contributed by atoms with Gasteiger partial charge in [0.15, 0.2) is 0 Å². The maximum atomic E-state index is 12.6. The fourth-order valence-corrected chi connectivity index (χ4v) is 3.28. The molecule has 1 aromatic carbocycles. The van der Waals surface area contributed by atoms with Gasteiger partial charge >= 0.3 is 0 Å². The Morgan fingerprint density at radius 3 is 2.54 bits per heavy atom. The quantitative estimate of drug-likeness (QED) is 0.877. The van der Waals surface area contributed by atoms with Crippen molar-refractivity contribution in [2.24, 2.45) is 5.73 Å². The number of nitrogens with zero attached hydrogens (tertiary/aromatic N) is 2. The molecule has 6 heteroatoms. The van der Waals surface area contributed by atoms with Crippen molar-refractivity contribution in [3.8, 4) is 0 Å². The number of hydrogen-bond acceptors (Lipinski definition) is 3. The van der Waals surface area contributed by atoms with Crippen molar-refractivity contribution in [2.75, 3.05) is 0 Å². The van der Waals surface area contributed by atoms with Crippen molar-refractivity contribution in [3.05, 3.63) is 53.3 Å². The number of carbonyl (C=O) groups excluding carboxylic acids is 2. The van der Waals surface area contributed by atoms with E-state index in [0.717, 1.165) is 24.1 Å². The van der Waals surface area contributed by atoms with Crippen molar-refractivity contribution in [1.29, 1.82) is 0 Å². The number of primary amides is 1. The zero-order valence-corrected chi connectivity index (χ0v) is 13.8. The van der Waals surface area contributed by atoms with Gasteiger partial charge in [0.05, 0.1) is 18.3 Å². The normalized spacial score (nSPS) is 16.0. The summed E-state index contributed by atoms with van der Waals surface area (Å²) in [5.41, 5.74) is 6.99. The summed E-state index contributed by atoms with van der Waals surface area (Å²) in [5, 5.41) is 7.17. The van der Waals surface area contributed by atoms with Gasteiger partial charge in [-0.05, 0) is 25.3 Å². The Kier molecular flexibility index (Phi) is 4.38. The molecule has 6 nitrogen and oxygen atoms in total. The van der Waals surface area contributed by atoms with Gasteiger partial charge in [-0.3, -0.25) is 14.3 Å². The van der Waals surface area contributed by atoms with Gasteiger partial charge in [0.25, 0.3) is 5.91 Å². The van der Waals surface area contributed by atoms with Gasteiger partial charge in [-0.2, -0.15) is 5.10 Å². The van der Waals surface area contributed by atoms with Gasteiger partial charge in [0, 0.05) is 5.69 Å². The Morgan fingerprint density at radius 2 is 1.92 bits per heavy atom. The van der Waals surface area contributed by atoms with E-state index in [9.17, 15) is 9.59 Å². The first-order chi connectivity index (χ1) is 11.5. The number of benzene rings is 1. The Morgan fingerprint density at radius 1 is 1.25 bits per heavy atom. The van der Waals surface area contributed by atoms with Crippen LogP contribution in [0.15, 0.2) is 36.5 Å². The average Bonchev–Trinajstić information content (AvgIpc) is 3.17. The molecule has 1 aliphatic carbocycles. The Balaban J connectivity index is 1.78. The second-order valence-corrected chi connectivity index (χ2v) is 6.39. The first-order valence-electron chi connectivity index (χ1n) is 8.20. The number of aromatic nitrogens is 2. The summed E-state index contributed by atoms with van der Waals surface area (Å²) in [7, 11) is 0. The molecule has 1 heterocycles. The Labute approximate surface area is 141 Å². The average molecular weight is 326 g/mol. The minimum atomic E-state index is -0.912. The molecule has 2 aromatic rings. The molecule has 3 N–H and O–H groups in total. The highest BCUT2D eigenvalue weighted by atomic mass is 16.2. The van der Waals surface area contributed by atoms with Crippen LogP contribution in [0.1, 0.15) is 47.3 Å². The molecule has 1 aromatic heterocycles. The van der Waals surface area contributed by atoms with Crippen LogP contribution in [0.25, 0.3) is 0 Å². The largest absolute Gasteiger partial charge is 0.368 e. The zero-order chi connectivity index (χ0) is 17.2. The van der Waals surface area contributed by atoms with E-state index in [1.807, 2.05) is 37.3 Å². The van der Waals surface area contributed by atoms with Crippen LogP contribution in [-0.4, -0.2) is 27.1 Å². The molecule has 24 heavy (non-hydrogen) atoms. The fraction of sp³-hybridized carbons (Fsp3) is 0.389. The van der Waals surface area contributed by atoms with Crippen LogP contribution in [-0.2, 0) is 11.3 Å². The lowest BCUT2D eigenvalue weighted by molar-refractivity contribution is -0.123. The molecule has 0 radical (unpaired) electrons. The molecule has 2 amide bonds. The molecule has 1 aliphatic rings. The summed E-state index contributed by atoms with van der Waals surface area (Å²) in [6.45, 7) is 2.46. The monoisotopic (exact) mass is 326 g/mol. The Bertz CT molecular complexity index is 746. The minimum absolute atomic E-state index is 0.285. The number of nitrogens with two attached hydrogens (primary N) is 1.